The Bertz CT molecular complexity index is 743. The van der Waals surface area contributed by atoms with Crippen molar-refractivity contribution in [1.29, 1.82) is 0 Å². The van der Waals surface area contributed by atoms with Crippen LogP contribution in [0.5, 0.6) is 0 Å². The lowest BCUT2D eigenvalue weighted by molar-refractivity contribution is -0.137. The summed E-state index contributed by atoms with van der Waals surface area (Å²) in [5, 5.41) is 5.23. The largest absolute Gasteiger partial charge is 0.416 e. The van der Waals surface area contributed by atoms with Gasteiger partial charge in [-0.1, -0.05) is 0 Å². The number of ketones is 1. The Balaban J connectivity index is 2.14. The molecule has 0 fully saturated rings. The number of amides is 1. The molecule has 2 aromatic rings. The molecule has 2 rings (SSSR count). The van der Waals surface area contributed by atoms with Gasteiger partial charge in [-0.2, -0.15) is 13.2 Å². The molecule has 1 aromatic heterocycles. The van der Waals surface area contributed by atoms with E-state index in [4.69, 9.17) is 0 Å². The topological polar surface area (TPSA) is 71.1 Å². The summed E-state index contributed by atoms with van der Waals surface area (Å²) < 4.78 is 37.6. The van der Waals surface area contributed by atoms with Crippen molar-refractivity contribution in [2.75, 3.05) is 17.2 Å². The zero-order chi connectivity index (χ0) is 17.7. The van der Waals surface area contributed by atoms with Gasteiger partial charge in [-0.3, -0.25) is 9.59 Å². The average Bonchev–Trinajstić information content (AvgIpc) is 2.52. The van der Waals surface area contributed by atoms with Gasteiger partial charge < -0.3 is 10.6 Å². The highest BCUT2D eigenvalue weighted by Crippen LogP contribution is 2.29. The molecule has 0 atom stereocenters. The lowest BCUT2D eigenvalue weighted by Crippen LogP contribution is -2.18. The molecule has 0 aliphatic carbocycles. The van der Waals surface area contributed by atoms with E-state index in [1.54, 1.807) is 6.07 Å². The Labute approximate surface area is 135 Å². The smallest absolute Gasteiger partial charge is 0.362 e. The molecule has 1 aromatic carbocycles. The highest BCUT2D eigenvalue weighted by atomic mass is 19.4. The Hall–Kier alpha value is -2.90. The van der Waals surface area contributed by atoms with Crippen molar-refractivity contribution in [3.8, 4) is 0 Å². The van der Waals surface area contributed by atoms with Crippen LogP contribution in [0.3, 0.4) is 0 Å². The molecule has 0 saturated heterocycles. The first-order valence-corrected chi connectivity index (χ1v) is 6.94. The summed E-state index contributed by atoms with van der Waals surface area (Å²) in [6, 6.07) is 7.14. The van der Waals surface area contributed by atoms with Crippen LogP contribution in [0, 0.1) is 0 Å². The van der Waals surface area contributed by atoms with Crippen molar-refractivity contribution in [1.82, 2.24) is 4.98 Å². The van der Waals surface area contributed by atoms with E-state index in [9.17, 15) is 22.8 Å². The van der Waals surface area contributed by atoms with Crippen molar-refractivity contribution >= 4 is 23.2 Å². The minimum atomic E-state index is -4.43. The van der Waals surface area contributed by atoms with Crippen molar-refractivity contribution in [2.24, 2.45) is 0 Å². The fourth-order valence-electron chi connectivity index (χ4n) is 1.88. The minimum absolute atomic E-state index is 0.0115. The number of halogens is 3. The first-order chi connectivity index (χ1) is 11.3. The van der Waals surface area contributed by atoms with Crippen molar-refractivity contribution < 1.29 is 22.8 Å². The predicted molar refractivity (Wildman–Crippen MR) is 82.8 cm³/mol. The molecule has 8 heteroatoms. The molecule has 0 unspecified atom stereocenters. The fourth-order valence-corrected chi connectivity index (χ4v) is 1.88. The van der Waals surface area contributed by atoms with Crippen molar-refractivity contribution in [3.63, 3.8) is 0 Å². The third-order valence-corrected chi connectivity index (χ3v) is 3.03. The third kappa shape index (κ3) is 4.55. The van der Waals surface area contributed by atoms with E-state index in [2.05, 4.69) is 15.6 Å². The SMILES string of the molecule is CC(=O)CNc1ncccc1C(=O)Nc1ccc(C(F)(F)F)cc1. The van der Waals surface area contributed by atoms with E-state index in [0.29, 0.717) is 0 Å². The lowest BCUT2D eigenvalue weighted by atomic mass is 10.2. The summed E-state index contributed by atoms with van der Waals surface area (Å²) in [4.78, 5) is 27.3. The number of anilines is 2. The molecule has 0 aliphatic heterocycles. The first kappa shape index (κ1) is 17.5. The molecule has 2 N–H and O–H groups in total. The molecule has 24 heavy (non-hydrogen) atoms. The Morgan fingerprint density at radius 2 is 1.79 bits per heavy atom. The fraction of sp³-hybridized carbons (Fsp3) is 0.188. The number of rotatable bonds is 5. The lowest BCUT2D eigenvalue weighted by Gasteiger charge is -2.11. The Morgan fingerprint density at radius 3 is 2.38 bits per heavy atom. The van der Waals surface area contributed by atoms with Crippen LogP contribution in [0.25, 0.3) is 0 Å². The van der Waals surface area contributed by atoms with Crippen LogP contribution >= 0.6 is 0 Å². The van der Waals surface area contributed by atoms with Gasteiger partial charge in [0.25, 0.3) is 5.91 Å². The van der Waals surface area contributed by atoms with Gasteiger partial charge in [-0.05, 0) is 43.3 Å². The van der Waals surface area contributed by atoms with E-state index in [0.717, 1.165) is 12.1 Å². The number of Topliss-reactive ketones (excluding diaryl/α,β-unsaturated/α-hetero) is 1. The van der Waals surface area contributed by atoms with Crippen LogP contribution in [-0.4, -0.2) is 23.2 Å². The second-order valence-electron chi connectivity index (χ2n) is 4.98. The number of benzene rings is 1. The summed E-state index contributed by atoms with van der Waals surface area (Å²) >= 11 is 0. The molecule has 5 nitrogen and oxygen atoms in total. The second-order valence-corrected chi connectivity index (χ2v) is 4.98. The molecule has 1 amide bonds. The molecule has 0 radical (unpaired) electrons. The second kappa shape index (κ2) is 7.12. The highest BCUT2D eigenvalue weighted by Gasteiger charge is 2.30. The molecule has 0 saturated carbocycles. The van der Waals surface area contributed by atoms with Crippen LogP contribution in [0.2, 0.25) is 0 Å². The zero-order valence-electron chi connectivity index (χ0n) is 12.6. The first-order valence-electron chi connectivity index (χ1n) is 6.94. The van der Waals surface area contributed by atoms with Gasteiger partial charge >= 0.3 is 6.18 Å². The van der Waals surface area contributed by atoms with Gasteiger partial charge in [-0.15, -0.1) is 0 Å². The molecular weight excluding hydrogens is 323 g/mol. The van der Waals surface area contributed by atoms with Crippen LogP contribution in [0.15, 0.2) is 42.6 Å². The number of carbonyl (C=O) groups excluding carboxylic acids is 2. The number of nitrogens with one attached hydrogen (secondary N) is 2. The van der Waals surface area contributed by atoms with Crippen LogP contribution in [-0.2, 0) is 11.0 Å². The maximum atomic E-state index is 12.5. The van der Waals surface area contributed by atoms with Crippen molar-refractivity contribution in [3.05, 3.63) is 53.7 Å². The highest BCUT2D eigenvalue weighted by molar-refractivity contribution is 6.07. The van der Waals surface area contributed by atoms with E-state index in [1.165, 1.54) is 31.3 Å². The van der Waals surface area contributed by atoms with Gasteiger partial charge in [0.1, 0.15) is 11.6 Å². The van der Waals surface area contributed by atoms with Crippen LogP contribution in [0.1, 0.15) is 22.8 Å². The van der Waals surface area contributed by atoms with Gasteiger partial charge in [0, 0.05) is 11.9 Å². The summed E-state index contributed by atoms with van der Waals surface area (Å²) in [6.07, 6.45) is -2.98. The zero-order valence-corrected chi connectivity index (χ0v) is 12.6. The van der Waals surface area contributed by atoms with E-state index in [1.807, 2.05) is 0 Å². The van der Waals surface area contributed by atoms with Gasteiger partial charge in [0.15, 0.2) is 0 Å². The number of alkyl halides is 3. The molecule has 0 aliphatic rings. The molecule has 0 bridgehead atoms. The molecule has 126 valence electrons. The van der Waals surface area contributed by atoms with E-state index < -0.39 is 17.6 Å². The molecular formula is C16H14F3N3O2. The number of aromatic nitrogens is 1. The quantitative estimate of drug-likeness (QED) is 0.878. The third-order valence-electron chi connectivity index (χ3n) is 3.03. The summed E-state index contributed by atoms with van der Waals surface area (Å²) in [7, 11) is 0. The van der Waals surface area contributed by atoms with Crippen LogP contribution in [0.4, 0.5) is 24.7 Å². The summed E-state index contributed by atoms with van der Waals surface area (Å²) in [5.41, 5.74) is -0.404. The number of pyridine rings is 1. The maximum Gasteiger partial charge on any atom is 0.416 e. The number of hydrogen-bond donors (Lipinski definition) is 2. The van der Waals surface area contributed by atoms with Gasteiger partial charge in [0.05, 0.1) is 17.7 Å². The summed E-state index contributed by atoms with van der Waals surface area (Å²) in [6.45, 7) is 1.40. The molecule has 0 spiro atoms. The standard InChI is InChI=1S/C16H14F3N3O2/c1-10(23)9-21-14-13(3-2-8-20-14)15(24)22-12-6-4-11(5-7-12)16(17,18)19/h2-8H,9H2,1H3,(H,20,21)(H,22,24). The average molecular weight is 337 g/mol. The van der Waals surface area contributed by atoms with E-state index >= 15 is 0 Å². The maximum absolute atomic E-state index is 12.5. The predicted octanol–water partition coefficient (Wildman–Crippen LogP) is 3.35. The molecule has 1 heterocycles. The number of nitrogens with zero attached hydrogens (tertiary/aromatic N) is 1. The van der Waals surface area contributed by atoms with Gasteiger partial charge in [0.2, 0.25) is 0 Å². The van der Waals surface area contributed by atoms with Crippen LogP contribution < -0.4 is 10.6 Å². The number of hydrogen-bond acceptors (Lipinski definition) is 4. The number of carbonyl (C=O) groups is 2. The summed E-state index contributed by atoms with van der Waals surface area (Å²) in [5.74, 6) is -0.458. The van der Waals surface area contributed by atoms with Gasteiger partial charge in [-0.25, -0.2) is 4.98 Å². The monoisotopic (exact) mass is 337 g/mol. The Morgan fingerprint density at radius 1 is 1.12 bits per heavy atom. The van der Waals surface area contributed by atoms with E-state index in [-0.39, 0.29) is 29.4 Å². The Kier molecular flexibility index (Phi) is 5.18. The minimum Gasteiger partial charge on any atom is -0.362 e. The van der Waals surface area contributed by atoms with Crippen molar-refractivity contribution in [2.45, 2.75) is 13.1 Å². The normalized spacial score (nSPS) is 11.0.